The molecule has 4 heteroatoms. The molecule has 0 saturated carbocycles. The minimum atomic E-state index is -0.0209. The Morgan fingerprint density at radius 2 is 2.00 bits per heavy atom. The van der Waals surface area contributed by atoms with E-state index in [0.29, 0.717) is 11.8 Å². The summed E-state index contributed by atoms with van der Waals surface area (Å²) in [5, 5.41) is 11.3. The molecule has 0 aliphatic carbocycles. The average Bonchev–Trinajstić information content (AvgIpc) is 2.74. The molecule has 0 aliphatic rings. The van der Waals surface area contributed by atoms with E-state index >= 15 is 0 Å². The van der Waals surface area contributed by atoms with Crippen LogP contribution in [0.2, 0.25) is 0 Å². The predicted molar refractivity (Wildman–Crippen MR) is 61.0 cm³/mol. The van der Waals surface area contributed by atoms with Crippen LogP contribution in [-0.4, -0.2) is 16.7 Å². The van der Waals surface area contributed by atoms with Crippen LogP contribution in [0.1, 0.15) is 30.3 Å². The minimum absolute atomic E-state index is 0.0209. The first kappa shape index (κ1) is 10.8. The number of aryl methyl sites for hydroxylation is 1. The van der Waals surface area contributed by atoms with E-state index in [1.807, 2.05) is 30.3 Å². The molecule has 1 aromatic carbocycles. The van der Waals surface area contributed by atoms with E-state index in [2.05, 4.69) is 22.4 Å². The molecule has 1 N–H and O–H groups in total. The van der Waals surface area contributed by atoms with Gasteiger partial charge in [0.15, 0.2) is 0 Å². The van der Waals surface area contributed by atoms with Crippen LogP contribution in [-0.2, 0) is 0 Å². The summed E-state index contributed by atoms with van der Waals surface area (Å²) in [5.74, 6) is 1.21. The summed E-state index contributed by atoms with van der Waals surface area (Å²) in [4.78, 5) is 0. The van der Waals surface area contributed by atoms with E-state index in [9.17, 15) is 0 Å². The van der Waals surface area contributed by atoms with Crippen LogP contribution in [0, 0.1) is 6.92 Å². The minimum Gasteiger partial charge on any atom is -0.423 e. The zero-order valence-electron chi connectivity index (χ0n) is 9.47. The molecule has 2 rings (SSSR count). The Morgan fingerprint density at radius 1 is 1.25 bits per heavy atom. The van der Waals surface area contributed by atoms with Gasteiger partial charge in [-0.15, -0.1) is 10.2 Å². The molecule has 0 aliphatic heterocycles. The largest absolute Gasteiger partial charge is 0.423 e. The van der Waals surface area contributed by atoms with E-state index in [1.165, 1.54) is 0 Å². The fourth-order valence-electron chi connectivity index (χ4n) is 1.63. The fraction of sp³-hybridized carbons (Fsp3) is 0.333. The van der Waals surface area contributed by atoms with Gasteiger partial charge in [0, 0.05) is 6.92 Å². The molecule has 1 heterocycles. The number of nitrogens with one attached hydrogen (secondary N) is 1. The number of benzene rings is 1. The number of nitrogens with zero attached hydrogens (tertiary/aromatic N) is 2. The van der Waals surface area contributed by atoms with Gasteiger partial charge >= 0.3 is 0 Å². The summed E-state index contributed by atoms with van der Waals surface area (Å²) in [5.41, 5.74) is 1.13. The van der Waals surface area contributed by atoms with Crippen LogP contribution in [0.3, 0.4) is 0 Å². The van der Waals surface area contributed by atoms with E-state index in [-0.39, 0.29) is 6.04 Å². The van der Waals surface area contributed by atoms with Gasteiger partial charge in [0.25, 0.3) is 0 Å². The van der Waals surface area contributed by atoms with Gasteiger partial charge in [0.2, 0.25) is 11.8 Å². The Labute approximate surface area is 94.7 Å². The zero-order valence-corrected chi connectivity index (χ0v) is 9.47. The Kier molecular flexibility index (Phi) is 3.31. The molecular weight excluding hydrogens is 202 g/mol. The van der Waals surface area contributed by atoms with Gasteiger partial charge in [-0.1, -0.05) is 37.3 Å². The molecule has 0 bridgehead atoms. The normalized spacial score (nSPS) is 12.6. The highest BCUT2D eigenvalue weighted by Crippen LogP contribution is 2.20. The first-order chi connectivity index (χ1) is 7.81. The molecule has 1 aromatic heterocycles. The summed E-state index contributed by atoms with van der Waals surface area (Å²) in [6.45, 7) is 4.70. The summed E-state index contributed by atoms with van der Waals surface area (Å²) >= 11 is 0. The first-order valence-corrected chi connectivity index (χ1v) is 5.39. The Hall–Kier alpha value is -1.68. The van der Waals surface area contributed by atoms with E-state index in [0.717, 1.165) is 12.1 Å². The molecule has 0 fully saturated rings. The van der Waals surface area contributed by atoms with Crippen LogP contribution >= 0.6 is 0 Å². The number of aromatic nitrogens is 2. The molecule has 2 aromatic rings. The standard InChI is InChI=1S/C12H15N3O/c1-3-13-11(10-7-5-4-6-8-10)12-15-14-9(2)16-12/h4-8,11,13H,3H2,1-2H3. The highest BCUT2D eigenvalue weighted by molar-refractivity contribution is 5.23. The SMILES string of the molecule is CCNC(c1ccccc1)c1nnc(C)o1. The average molecular weight is 217 g/mol. The number of hydrogen-bond acceptors (Lipinski definition) is 4. The predicted octanol–water partition coefficient (Wildman–Crippen LogP) is 2.08. The van der Waals surface area contributed by atoms with Crippen molar-refractivity contribution in [1.82, 2.24) is 15.5 Å². The van der Waals surface area contributed by atoms with Gasteiger partial charge in [0.05, 0.1) is 0 Å². The fourth-order valence-corrected chi connectivity index (χ4v) is 1.63. The van der Waals surface area contributed by atoms with Crippen molar-refractivity contribution < 1.29 is 4.42 Å². The topological polar surface area (TPSA) is 51.0 Å². The van der Waals surface area contributed by atoms with Crippen molar-refractivity contribution in [3.63, 3.8) is 0 Å². The summed E-state index contributed by atoms with van der Waals surface area (Å²) < 4.78 is 5.47. The highest BCUT2D eigenvalue weighted by Gasteiger charge is 2.18. The molecule has 0 spiro atoms. The lowest BCUT2D eigenvalue weighted by molar-refractivity contribution is 0.420. The zero-order chi connectivity index (χ0) is 11.4. The van der Waals surface area contributed by atoms with E-state index in [1.54, 1.807) is 6.92 Å². The van der Waals surface area contributed by atoms with E-state index < -0.39 is 0 Å². The molecule has 16 heavy (non-hydrogen) atoms. The lowest BCUT2D eigenvalue weighted by Gasteiger charge is -2.13. The highest BCUT2D eigenvalue weighted by atomic mass is 16.4. The summed E-state index contributed by atoms with van der Waals surface area (Å²) in [7, 11) is 0. The van der Waals surface area contributed by atoms with Gasteiger partial charge in [0.1, 0.15) is 6.04 Å². The van der Waals surface area contributed by atoms with Gasteiger partial charge in [-0.25, -0.2) is 0 Å². The maximum atomic E-state index is 5.47. The van der Waals surface area contributed by atoms with Crippen molar-refractivity contribution in [3.8, 4) is 0 Å². The second kappa shape index (κ2) is 4.90. The van der Waals surface area contributed by atoms with Gasteiger partial charge in [-0.05, 0) is 12.1 Å². The van der Waals surface area contributed by atoms with Crippen molar-refractivity contribution in [2.24, 2.45) is 0 Å². The molecule has 84 valence electrons. The van der Waals surface area contributed by atoms with Crippen LogP contribution in [0.25, 0.3) is 0 Å². The Bertz CT molecular complexity index is 439. The second-order valence-electron chi connectivity index (χ2n) is 3.56. The Balaban J connectivity index is 2.31. The third kappa shape index (κ3) is 2.28. The van der Waals surface area contributed by atoms with Crippen LogP contribution in [0.5, 0.6) is 0 Å². The van der Waals surface area contributed by atoms with Crippen molar-refractivity contribution in [2.45, 2.75) is 19.9 Å². The monoisotopic (exact) mass is 217 g/mol. The summed E-state index contributed by atoms with van der Waals surface area (Å²) in [6, 6.07) is 10.1. The van der Waals surface area contributed by atoms with Crippen LogP contribution in [0.15, 0.2) is 34.7 Å². The van der Waals surface area contributed by atoms with Gasteiger partial charge in [-0.2, -0.15) is 0 Å². The van der Waals surface area contributed by atoms with Gasteiger partial charge < -0.3 is 9.73 Å². The molecule has 0 radical (unpaired) electrons. The molecule has 1 atom stereocenters. The Morgan fingerprint density at radius 3 is 2.56 bits per heavy atom. The molecule has 4 nitrogen and oxygen atoms in total. The summed E-state index contributed by atoms with van der Waals surface area (Å²) in [6.07, 6.45) is 0. The second-order valence-corrected chi connectivity index (χ2v) is 3.56. The van der Waals surface area contributed by atoms with Gasteiger partial charge in [-0.3, -0.25) is 0 Å². The number of rotatable bonds is 4. The third-order valence-electron chi connectivity index (χ3n) is 2.33. The van der Waals surface area contributed by atoms with Crippen molar-refractivity contribution in [3.05, 3.63) is 47.7 Å². The smallest absolute Gasteiger partial charge is 0.237 e. The molecule has 0 saturated heterocycles. The third-order valence-corrected chi connectivity index (χ3v) is 2.33. The molecule has 1 unspecified atom stereocenters. The number of hydrogen-bond donors (Lipinski definition) is 1. The maximum absolute atomic E-state index is 5.47. The van der Waals surface area contributed by atoms with Crippen LogP contribution in [0.4, 0.5) is 0 Å². The first-order valence-electron chi connectivity index (χ1n) is 5.39. The lowest BCUT2D eigenvalue weighted by Crippen LogP contribution is -2.22. The van der Waals surface area contributed by atoms with Crippen molar-refractivity contribution in [1.29, 1.82) is 0 Å². The maximum Gasteiger partial charge on any atom is 0.237 e. The molecular formula is C12H15N3O. The molecule has 0 amide bonds. The van der Waals surface area contributed by atoms with E-state index in [4.69, 9.17) is 4.42 Å². The van der Waals surface area contributed by atoms with Crippen LogP contribution < -0.4 is 5.32 Å². The van der Waals surface area contributed by atoms with Crippen molar-refractivity contribution in [2.75, 3.05) is 6.54 Å². The van der Waals surface area contributed by atoms with Crippen molar-refractivity contribution >= 4 is 0 Å². The lowest BCUT2D eigenvalue weighted by atomic mass is 10.1. The quantitative estimate of drug-likeness (QED) is 0.851.